The molecule has 0 bridgehead atoms. The Balaban J connectivity index is 1.66. The van der Waals surface area contributed by atoms with Crippen LogP contribution in [0.5, 0.6) is 11.5 Å². The van der Waals surface area contributed by atoms with E-state index in [0.717, 1.165) is 24.9 Å². The number of nitrogens with zero attached hydrogens (tertiary/aromatic N) is 1. The summed E-state index contributed by atoms with van der Waals surface area (Å²) in [4.78, 5) is 24.4. The molecule has 2 aliphatic heterocycles. The first kappa shape index (κ1) is 21.3. The second-order valence-corrected chi connectivity index (χ2v) is 9.87. The van der Waals surface area contributed by atoms with E-state index in [9.17, 15) is 9.59 Å². The predicted octanol–water partition coefficient (Wildman–Crippen LogP) is 0.958. The zero-order chi connectivity index (χ0) is 21.3. The van der Waals surface area contributed by atoms with E-state index in [1.54, 1.807) is 7.05 Å². The van der Waals surface area contributed by atoms with Crippen LogP contribution in [0.4, 0.5) is 4.79 Å². The Bertz CT molecular complexity index is 825. The predicted molar refractivity (Wildman–Crippen MR) is 113 cm³/mol. The Morgan fingerprint density at radius 1 is 1.50 bits per heavy atom. The number of amides is 2. The van der Waals surface area contributed by atoms with Crippen molar-refractivity contribution < 1.29 is 23.6 Å². The topological polar surface area (TPSA) is 101 Å². The van der Waals surface area contributed by atoms with E-state index in [0.29, 0.717) is 43.8 Å². The first-order chi connectivity index (χ1) is 14.5. The van der Waals surface area contributed by atoms with Crippen molar-refractivity contribution in [1.82, 2.24) is 20.9 Å². The molecule has 0 saturated carbocycles. The molecule has 0 radical (unpaired) electrons. The Morgan fingerprint density at radius 3 is 3.10 bits per heavy atom. The highest BCUT2D eigenvalue weighted by Crippen LogP contribution is 2.62. The molecular formula is C20H29N4O5P. The summed E-state index contributed by atoms with van der Waals surface area (Å²) in [5.74, 6) is 1.01. The molecule has 1 aromatic carbocycles. The lowest BCUT2D eigenvalue weighted by molar-refractivity contribution is -0.109. The number of nitrogens with one attached hydrogen (secondary N) is 3. The van der Waals surface area contributed by atoms with Gasteiger partial charge < -0.3 is 29.5 Å². The lowest BCUT2D eigenvalue weighted by Gasteiger charge is -2.41. The van der Waals surface area contributed by atoms with Gasteiger partial charge in [0.15, 0.2) is 17.3 Å². The second kappa shape index (κ2) is 8.67. The molecule has 1 aliphatic carbocycles. The molecule has 4 rings (SSSR count). The average Bonchev–Trinajstić information content (AvgIpc) is 3.01. The molecule has 164 valence electrons. The molecule has 3 aliphatic rings. The monoisotopic (exact) mass is 436 g/mol. The van der Waals surface area contributed by atoms with Crippen molar-refractivity contribution in [3.8, 4) is 11.5 Å². The van der Waals surface area contributed by atoms with Gasteiger partial charge in [0.25, 0.3) is 0 Å². The quantitative estimate of drug-likeness (QED) is 0.347. The minimum Gasteiger partial charge on any atom is -0.478 e. The van der Waals surface area contributed by atoms with Gasteiger partial charge in [-0.2, -0.15) is 0 Å². The summed E-state index contributed by atoms with van der Waals surface area (Å²) in [6, 6.07) is 4.23. The van der Waals surface area contributed by atoms with Crippen LogP contribution in [0.3, 0.4) is 0 Å². The molecule has 2 amide bonds. The standard InChI is InChI=1S/C20H29N4O5P/c1-21-14-8-13-4-5-15(28-19(26)24(2)7-6-22-11-25)17-16(13)20(9-14)10-23-12-27-30(3)18(20)29-17/h4-5,11,14,18,21,23H,6-10,12H2,1-3H3,(H,22,25)/t14-,18?,20-,30?/m1/s1. The van der Waals surface area contributed by atoms with Crippen molar-refractivity contribution in [3.05, 3.63) is 23.3 Å². The molecular weight excluding hydrogens is 407 g/mol. The van der Waals surface area contributed by atoms with Crippen LogP contribution < -0.4 is 25.4 Å². The average molecular weight is 436 g/mol. The number of rotatable bonds is 6. The molecule has 10 heteroatoms. The lowest BCUT2D eigenvalue weighted by atomic mass is 9.69. The Morgan fingerprint density at radius 2 is 2.33 bits per heavy atom. The van der Waals surface area contributed by atoms with Gasteiger partial charge >= 0.3 is 6.09 Å². The minimum absolute atomic E-state index is 0.0956. The summed E-state index contributed by atoms with van der Waals surface area (Å²) in [5.41, 5.74) is 2.17. The molecule has 1 spiro atoms. The van der Waals surface area contributed by atoms with Crippen LogP contribution in [0.2, 0.25) is 0 Å². The van der Waals surface area contributed by atoms with Crippen LogP contribution >= 0.6 is 8.15 Å². The smallest absolute Gasteiger partial charge is 0.415 e. The molecule has 1 fully saturated rings. The molecule has 2 unspecified atom stereocenters. The van der Waals surface area contributed by atoms with E-state index in [1.807, 2.05) is 13.1 Å². The lowest BCUT2D eigenvalue weighted by Crippen LogP contribution is -2.51. The number of carbonyl (C=O) groups is 2. The molecule has 9 nitrogen and oxygen atoms in total. The zero-order valence-corrected chi connectivity index (χ0v) is 18.5. The van der Waals surface area contributed by atoms with Crippen LogP contribution in [0.1, 0.15) is 17.5 Å². The van der Waals surface area contributed by atoms with Gasteiger partial charge in [0, 0.05) is 38.3 Å². The molecule has 0 aromatic heterocycles. The van der Waals surface area contributed by atoms with Gasteiger partial charge in [0.2, 0.25) is 6.41 Å². The summed E-state index contributed by atoms with van der Waals surface area (Å²) >= 11 is 0. The SMILES string of the molecule is CN[C@@H]1Cc2ccc(OC(=O)N(C)CCNC=O)c3c2[C@]2(CNCOP(C)C2O3)C1. The Labute approximate surface area is 177 Å². The maximum atomic E-state index is 12.6. The molecule has 2 heterocycles. The van der Waals surface area contributed by atoms with Crippen molar-refractivity contribution in [2.75, 3.05) is 47.1 Å². The van der Waals surface area contributed by atoms with Gasteiger partial charge in [0.05, 0.1) is 13.6 Å². The van der Waals surface area contributed by atoms with E-state index in [-0.39, 0.29) is 11.3 Å². The van der Waals surface area contributed by atoms with Crippen LogP contribution in [0, 0.1) is 0 Å². The summed E-state index contributed by atoms with van der Waals surface area (Å²) in [5, 5.41) is 9.41. The fraction of sp³-hybridized carbons (Fsp3) is 0.600. The normalized spacial score (nSPS) is 29.1. The number of benzene rings is 1. The maximum Gasteiger partial charge on any atom is 0.415 e. The van der Waals surface area contributed by atoms with Crippen molar-refractivity contribution in [1.29, 1.82) is 0 Å². The molecule has 1 saturated heterocycles. The number of carbonyl (C=O) groups excluding carboxylic acids is 2. The van der Waals surface area contributed by atoms with Crippen molar-refractivity contribution in [2.24, 2.45) is 0 Å². The molecule has 1 aromatic rings. The maximum absolute atomic E-state index is 12.6. The first-order valence-electron chi connectivity index (χ1n) is 10.2. The fourth-order valence-corrected chi connectivity index (χ4v) is 6.47. The number of hydrogen-bond donors (Lipinski definition) is 3. The van der Waals surface area contributed by atoms with E-state index < -0.39 is 14.2 Å². The summed E-state index contributed by atoms with van der Waals surface area (Å²) in [6.07, 6.45) is 1.97. The van der Waals surface area contributed by atoms with Gasteiger partial charge in [-0.15, -0.1) is 0 Å². The van der Waals surface area contributed by atoms with Gasteiger partial charge in [-0.05, 0) is 38.2 Å². The Hall–Kier alpha value is -1.93. The molecule has 4 atom stereocenters. The van der Waals surface area contributed by atoms with Gasteiger partial charge in [-0.1, -0.05) is 6.07 Å². The van der Waals surface area contributed by atoms with Crippen LogP contribution in [-0.2, 0) is 21.2 Å². The summed E-state index contributed by atoms with van der Waals surface area (Å²) < 4.78 is 18.2. The van der Waals surface area contributed by atoms with Gasteiger partial charge in [-0.3, -0.25) is 10.1 Å². The van der Waals surface area contributed by atoms with Crippen molar-refractivity contribution in [2.45, 2.75) is 30.1 Å². The highest BCUT2D eigenvalue weighted by molar-refractivity contribution is 7.52. The van der Waals surface area contributed by atoms with E-state index in [1.165, 1.54) is 10.5 Å². The zero-order valence-electron chi connectivity index (χ0n) is 17.6. The van der Waals surface area contributed by atoms with Crippen LogP contribution in [0.15, 0.2) is 12.1 Å². The highest BCUT2D eigenvalue weighted by atomic mass is 31.1. The third kappa shape index (κ3) is 3.64. The van der Waals surface area contributed by atoms with Gasteiger partial charge in [0.1, 0.15) is 6.73 Å². The van der Waals surface area contributed by atoms with E-state index in [4.69, 9.17) is 14.0 Å². The third-order valence-corrected chi connectivity index (χ3v) is 8.01. The largest absolute Gasteiger partial charge is 0.478 e. The molecule has 3 N–H and O–H groups in total. The van der Waals surface area contributed by atoms with E-state index in [2.05, 4.69) is 28.7 Å². The number of likely N-dealkylation sites (N-methyl/N-ethyl adjacent to an activating group) is 2. The summed E-state index contributed by atoms with van der Waals surface area (Å²) in [6.45, 7) is 4.10. The van der Waals surface area contributed by atoms with Crippen molar-refractivity contribution in [3.63, 3.8) is 0 Å². The second-order valence-electron chi connectivity index (χ2n) is 8.06. The molecule has 30 heavy (non-hydrogen) atoms. The van der Waals surface area contributed by atoms with E-state index >= 15 is 0 Å². The Kier molecular flexibility index (Phi) is 6.16. The highest BCUT2D eigenvalue weighted by Gasteiger charge is 2.57. The van der Waals surface area contributed by atoms with Gasteiger partial charge in [-0.25, -0.2) is 4.79 Å². The number of hydrogen-bond acceptors (Lipinski definition) is 7. The number of ether oxygens (including phenoxy) is 2. The summed E-state index contributed by atoms with van der Waals surface area (Å²) in [7, 11) is 2.82. The van der Waals surface area contributed by atoms with Crippen LogP contribution in [0.25, 0.3) is 0 Å². The third-order valence-electron chi connectivity index (χ3n) is 6.22. The van der Waals surface area contributed by atoms with Crippen molar-refractivity contribution >= 4 is 20.7 Å². The van der Waals surface area contributed by atoms with Crippen LogP contribution in [-0.4, -0.2) is 76.4 Å². The fourth-order valence-electron chi connectivity index (χ4n) is 4.76. The first-order valence-corrected chi connectivity index (χ1v) is 11.9. The minimum atomic E-state index is -0.822.